The molecule has 0 aliphatic heterocycles. The maximum atomic E-state index is 13.6. The SMILES string of the molecule is Nc1ccc(C(F)(F)F)c(-c2ccc(C[C@H](N)C(=O)OC(=O)OCc3ccccc3)n3ccnc23)n1. The molecule has 3 heterocycles. The fourth-order valence-corrected chi connectivity index (χ4v) is 3.54. The van der Waals surface area contributed by atoms with Crippen molar-refractivity contribution in [2.45, 2.75) is 25.2 Å². The van der Waals surface area contributed by atoms with Crippen LogP contribution in [0.25, 0.3) is 16.9 Å². The van der Waals surface area contributed by atoms with Crippen LogP contribution < -0.4 is 11.5 Å². The van der Waals surface area contributed by atoms with Gasteiger partial charge in [0.25, 0.3) is 0 Å². The second-order valence-electron chi connectivity index (χ2n) is 7.75. The van der Waals surface area contributed by atoms with E-state index in [0.29, 0.717) is 11.3 Å². The van der Waals surface area contributed by atoms with E-state index in [1.165, 1.54) is 28.9 Å². The third-order valence-electron chi connectivity index (χ3n) is 5.23. The van der Waals surface area contributed by atoms with E-state index in [0.717, 1.165) is 12.1 Å². The molecule has 186 valence electrons. The lowest BCUT2D eigenvalue weighted by molar-refractivity contribution is -0.141. The summed E-state index contributed by atoms with van der Waals surface area (Å²) in [6, 6.07) is 12.3. The van der Waals surface area contributed by atoms with Crippen LogP contribution in [0.3, 0.4) is 0 Å². The van der Waals surface area contributed by atoms with Crippen molar-refractivity contribution in [3.8, 4) is 11.3 Å². The average molecular weight is 499 g/mol. The number of carbonyl (C=O) groups excluding carboxylic acids is 2. The third-order valence-corrected chi connectivity index (χ3v) is 5.23. The number of carbonyl (C=O) groups is 2. The number of alkyl halides is 3. The highest BCUT2D eigenvalue weighted by molar-refractivity contribution is 5.85. The molecule has 1 aromatic carbocycles. The summed E-state index contributed by atoms with van der Waals surface area (Å²) in [5, 5.41) is 0. The minimum atomic E-state index is -4.67. The molecule has 0 amide bonds. The van der Waals surface area contributed by atoms with E-state index >= 15 is 0 Å². The Morgan fingerprint density at radius 1 is 1.06 bits per heavy atom. The number of benzene rings is 1. The molecule has 9 nitrogen and oxygen atoms in total. The number of imidazole rings is 1. The van der Waals surface area contributed by atoms with Crippen LogP contribution in [0.2, 0.25) is 0 Å². The van der Waals surface area contributed by atoms with Gasteiger partial charge in [-0.05, 0) is 29.8 Å². The second-order valence-corrected chi connectivity index (χ2v) is 7.75. The van der Waals surface area contributed by atoms with Crippen LogP contribution in [-0.4, -0.2) is 32.5 Å². The van der Waals surface area contributed by atoms with E-state index in [9.17, 15) is 22.8 Å². The Hall–Kier alpha value is -4.45. The summed E-state index contributed by atoms with van der Waals surface area (Å²) in [6.45, 7) is -0.0860. The highest BCUT2D eigenvalue weighted by Crippen LogP contribution is 2.37. The smallest absolute Gasteiger partial charge is 0.429 e. The van der Waals surface area contributed by atoms with Crippen molar-refractivity contribution in [1.82, 2.24) is 14.4 Å². The predicted octanol–water partition coefficient (Wildman–Crippen LogP) is 3.75. The first-order valence-electron chi connectivity index (χ1n) is 10.6. The van der Waals surface area contributed by atoms with Gasteiger partial charge >= 0.3 is 18.3 Å². The highest BCUT2D eigenvalue weighted by Gasteiger charge is 2.35. The molecule has 0 bridgehead atoms. The summed E-state index contributed by atoms with van der Waals surface area (Å²) in [4.78, 5) is 32.2. The lowest BCUT2D eigenvalue weighted by atomic mass is 10.0. The van der Waals surface area contributed by atoms with Gasteiger partial charge in [0.05, 0.1) is 11.3 Å². The van der Waals surface area contributed by atoms with Crippen molar-refractivity contribution in [2.75, 3.05) is 5.73 Å². The van der Waals surface area contributed by atoms with Gasteiger partial charge < -0.3 is 25.3 Å². The topological polar surface area (TPSA) is 135 Å². The number of hydrogen-bond donors (Lipinski definition) is 2. The Balaban J connectivity index is 1.51. The molecule has 1 atom stereocenters. The van der Waals surface area contributed by atoms with Crippen molar-refractivity contribution >= 4 is 23.6 Å². The number of rotatable bonds is 6. The van der Waals surface area contributed by atoms with E-state index in [1.807, 2.05) is 0 Å². The van der Waals surface area contributed by atoms with Gasteiger partial charge in [-0.2, -0.15) is 13.2 Å². The van der Waals surface area contributed by atoms with Gasteiger partial charge in [-0.3, -0.25) is 0 Å². The molecular weight excluding hydrogens is 479 g/mol. The van der Waals surface area contributed by atoms with Crippen molar-refractivity contribution in [1.29, 1.82) is 0 Å². The Kier molecular flexibility index (Phi) is 6.88. The largest absolute Gasteiger partial charge is 0.516 e. The number of nitrogens with zero attached hydrogens (tertiary/aromatic N) is 3. The number of halogens is 3. The van der Waals surface area contributed by atoms with Gasteiger partial charge in [-0.25, -0.2) is 19.6 Å². The molecule has 0 saturated carbocycles. The molecule has 0 radical (unpaired) electrons. The van der Waals surface area contributed by atoms with E-state index in [-0.39, 0.29) is 35.8 Å². The van der Waals surface area contributed by atoms with E-state index < -0.39 is 29.9 Å². The minimum Gasteiger partial charge on any atom is -0.429 e. The maximum Gasteiger partial charge on any atom is 0.516 e. The molecule has 0 aliphatic rings. The first kappa shape index (κ1) is 24.7. The number of pyridine rings is 2. The Morgan fingerprint density at radius 3 is 2.53 bits per heavy atom. The number of anilines is 1. The van der Waals surface area contributed by atoms with Gasteiger partial charge in [-0.15, -0.1) is 0 Å². The van der Waals surface area contributed by atoms with Gasteiger partial charge in [0.2, 0.25) is 0 Å². The molecule has 0 spiro atoms. The number of nitrogen functional groups attached to an aromatic ring is 1. The molecule has 4 aromatic rings. The fraction of sp³-hybridized carbons (Fsp3) is 0.167. The van der Waals surface area contributed by atoms with Gasteiger partial charge in [0.15, 0.2) is 0 Å². The number of esters is 1. The molecule has 3 aromatic heterocycles. The Bertz CT molecular complexity index is 1410. The summed E-state index contributed by atoms with van der Waals surface area (Å²) >= 11 is 0. The number of ether oxygens (including phenoxy) is 2. The number of nitrogens with two attached hydrogens (primary N) is 2. The molecular formula is C24H20F3N5O4. The van der Waals surface area contributed by atoms with Crippen molar-refractivity contribution < 1.29 is 32.2 Å². The van der Waals surface area contributed by atoms with E-state index in [2.05, 4.69) is 14.7 Å². The van der Waals surface area contributed by atoms with Crippen LogP contribution in [0, 0.1) is 0 Å². The van der Waals surface area contributed by atoms with E-state index in [4.69, 9.17) is 16.2 Å². The van der Waals surface area contributed by atoms with Crippen LogP contribution in [0.4, 0.5) is 23.8 Å². The maximum absolute atomic E-state index is 13.6. The minimum absolute atomic E-state index is 0.0860. The summed E-state index contributed by atoms with van der Waals surface area (Å²) in [5.74, 6) is -1.11. The summed E-state index contributed by atoms with van der Waals surface area (Å²) in [5.41, 5.74) is 11.6. The fourth-order valence-electron chi connectivity index (χ4n) is 3.54. The lowest BCUT2D eigenvalue weighted by Gasteiger charge is -2.16. The molecule has 12 heteroatoms. The molecule has 36 heavy (non-hydrogen) atoms. The predicted molar refractivity (Wildman–Crippen MR) is 122 cm³/mol. The monoisotopic (exact) mass is 499 g/mol. The molecule has 0 unspecified atom stereocenters. The third kappa shape index (κ3) is 5.44. The number of hydrogen-bond acceptors (Lipinski definition) is 8. The van der Waals surface area contributed by atoms with Crippen molar-refractivity contribution in [3.05, 3.63) is 83.8 Å². The number of aromatic nitrogens is 3. The van der Waals surface area contributed by atoms with Crippen molar-refractivity contribution in [3.63, 3.8) is 0 Å². The van der Waals surface area contributed by atoms with E-state index in [1.54, 1.807) is 30.3 Å². The second kappa shape index (κ2) is 10.0. The van der Waals surface area contributed by atoms with Crippen LogP contribution >= 0.6 is 0 Å². The highest BCUT2D eigenvalue weighted by atomic mass is 19.4. The van der Waals surface area contributed by atoms with Gasteiger partial charge in [-0.1, -0.05) is 30.3 Å². The number of fused-ring (bicyclic) bond motifs is 1. The molecule has 4 rings (SSSR count). The normalized spacial score (nSPS) is 12.3. The standard InChI is InChI=1S/C24H20F3N5O4/c25-24(26,27)17-8-9-19(29)31-20(17)16-7-6-15(32-11-10-30-21(16)32)12-18(28)22(33)36-23(34)35-13-14-4-2-1-3-5-14/h1-11,18H,12-13,28H2,(H2,29,31)/t18-/m0/s1. The molecule has 4 N–H and O–H groups in total. The summed E-state index contributed by atoms with van der Waals surface area (Å²) < 4.78 is 51.8. The Labute approximate surface area is 202 Å². The molecule has 0 fully saturated rings. The van der Waals surface area contributed by atoms with Crippen LogP contribution in [0.15, 0.2) is 67.0 Å². The molecule has 0 aliphatic carbocycles. The first-order valence-corrected chi connectivity index (χ1v) is 10.6. The van der Waals surface area contributed by atoms with Gasteiger partial charge in [0, 0.05) is 30.1 Å². The Morgan fingerprint density at radius 2 is 1.81 bits per heavy atom. The summed E-state index contributed by atoms with van der Waals surface area (Å²) in [6.07, 6.45) is -3.09. The van der Waals surface area contributed by atoms with Crippen molar-refractivity contribution in [2.24, 2.45) is 5.73 Å². The zero-order chi connectivity index (χ0) is 25.9. The van der Waals surface area contributed by atoms with Crippen LogP contribution in [0.5, 0.6) is 0 Å². The lowest BCUT2D eigenvalue weighted by Crippen LogP contribution is -2.36. The first-order chi connectivity index (χ1) is 17.1. The van der Waals surface area contributed by atoms with Gasteiger partial charge in [0.1, 0.15) is 24.1 Å². The summed E-state index contributed by atoms with van der Waals surface area (Å²) in [7, 11) is 0. The quantitative estimate of drug-likeness (QED) is 0.303. The average Bonchev–Trinajstić information content (AvgIpc) is 3.33. The van der Waals surface area contributed by atoms with Crippen LogP contribution in [0.1, 0.15) is 16.8 Å². The van der Waals surface area contributed by atoms with Crippen LogP contribution in [-0.2, 0) is 33.5 Å². The zero-order valence-corrected chi connectivity index (χ0v) is 18.6. The molecule has 0 saturated heterocycles. The zero-order valence-electron chi connectivity index (χ0n) is 18.6.